The summed E-state index contributed by atoms with van der Waals surface area (Å²) < 4.78 is 66.6. The van der Waals surface area contributed by atoms with Crippen LogP contribution in [0.1, 0.15) is 15.9 Å². The summed E-state index contributed by atoms with van der Waals surface area (Å²) in [4.78, 5) is 11.1. The van der Waals surface area contributed by atoms with Crippen LogP contribution in [0.4, 0.5) is 13.2 Å². The van der Waals surface area contributed by atoms with Gasteiger partial charge < -0.3 is 8.92 Å². The fraction of sp³-hybridized carbons (Fsp3) is 0.222. The van der Waals surface area contributed by atoms with Gasteiger partial charge in [-0.05, 0) is 12.1 Å². The molecule has 0 aromatic heterocycles. The van der Waals surface area contributed by atoms with E-state index in [0.29, 0.717) is 0 Å². The molecule has 1 aliphatic heterocycles. The molecular weight excluding hydrogens is 277 g/mol. The summed E-state index contributed by atoms with van der Waals surface area (Å²) in [5.41, 5.74) is -5.56. The highest BCUT2D eigenvalue weighted by atomic mass is 32.2. The molecule has 0 unspecified atom stereocenters. The quantitative estimate of drug-likeness (QED) is 0.468. The number of rotatable bonds is 2. The lowest BCUT2D eigenvalue weighted by Gasteiger charge is -2.11. The molecule has 1 heterocycles. The van der Waals surface area contributed by atoms with E-state index in [1.165, 1.54) is 12.1 Å². The maximum atomic E-state index is 12.1. The predicted molar refractivity (Wildman–Crippen MR) is 51.2 cm³/mol. The number of hydrogen-bond acceptors (Lipinski definition) is 5. The van der Waals surface area contributed by atoms with E-state index in [2.05, 4.69) is 8.92 Å². The molecule has 0 bridgehead atoms. The number of hydrogen-bond donors (Lipinski definition) is 0. The van der Waals surface area contributed by atoms with Gasteiger partial charge in [0.25, 0.3) is 0 Å². The third-order valence-electron chi connectivity index (χ3n) is 2.18. The van der Waals surface area contributed by atoms with Gasteiger partial charge in [-0.3, -0.25) is 0 Å². The summed E-state index contributed by atoms with van der Waals surface area (Å²) in [7, 11) is -5.76. The van der Waals surface area contributed by atoms with Crippen molar-refractivity contribution in [3.8, 4) is 5.75 Å². The molecule has 1 aromatic carbocycles. The van der Waals surface area contributed by atoms with Crippen LogP contribution in [-0.4, -0.2) is 19.9 Å². The fourth-order valence-corrected chi connectivity index (χ4v) is 1.85. The van der Waals surface area contributed by atoms with E-state index in [4.69, 9.17) is 0 Å². The number of benzene rings is 1. The molecule has 0 N–H and O–H groups in total. The van der Waals surface area contributed by atoms with E-state index in [9.17, 15) is 26.4 Å². The lowest BCUT2D eigenvalue weighted by atomic mass is 10.1. The van der Waals surface area contributed by atoms with Crippen molar-refractivity contribution in [3.63, 3.8) is 0 Å². The van der Waals surface area contributed by atoms with Crippen LogP contribution >= 0.6 is 0 Å². The Hall–Kier alpha value is -1.77. The Kier molecular flexibility index (Phi) is 2.73. The third kappa shape index (κ3) is 2.01. The van der Waals surface area contributed by atoms with E-state index in [1.807, 2.05) is 0 Å². The largest absolute Gasteiger partial charge is 0.534 e. The molecule has 0 fully saturated rings. The zero-order valence-corrected chi connectivity index (χ0v) is 9.34. The zero-order chi connectivity index (χ0) is 13.6. The third-order valence-corrected chi connectivity index (χ3v) is 3.15. The second kappa shape index (κ2) is 3.87. The average molecular weight is 282 g/mol. The summed E-state index contributed by atoms with van der Waals surface area (Å²) in [6.45, 7) is -0.322. The second-order valence-corrected chi connectivity index (χ2v) is 4.88. The van der Waals surface area contributed by atoms with E-state index in [1.54, 1.807) is 0 Å². The Morgan fingerprint density at radius 2 is 1.94 bits per heavy atom. The number of carbonyl (C=O) groups excluding carboxylic acids is 1. The average Bonchev–Trinajstić information content (AvgIpc) is 2.60. The van der Waals surface area contributed by atoms with Crippen molar-refractivity contribution in [2.24, 2.45) is 0 Å². The summed E-state index contributed by atoms with van der Waals surface area (Å²) in [5.74, 6) is -1.30. The van der Waals surface area contributed by atoms with Gasteiger partial charge in [0.15, 0.2) is 0 Å². The maximum Gasteiger partial charge on any atom is 0.534 e. The van der Waals surface area contributed by atoms with Gasteiger partial charge in [-0.2, -0.15) is 21.6 Å². The van der Waals surface area contributed by atoms with Crippen LogP contribution in [-0.2, 0) is 21.5 Å². The second-order valence-electron chi connectivity index (χ2n) is 3.34. The standard InChI is InChI=1S/C9H5F3O5S/c10-9(11,12)18(14,15)17-7-3-1-2-5-6(7)4-16-8(5)13/h1-3H,4H2. The number of carbonyl (C=O) groups is 1. The number of cyclic esters (lactones) is 1. The molecule has 0 atom stereocenters. The van der Waals surface area contributed by atoms with E-state index in [0.717, 1.165) is 6.07 Å². The van der Waals surface area contributed by atoms with E-state index in [-0.39, 0.29) is 17.7 Å². The summed E-state index contributed by atoms with van der Waals surface area (Å²) >= 11 is 0. The maximum absolute atomic E-state index is 12.1. The highest BCUT2D eigenvalue weighted by Gasteiger charge is 2.49. The van der Waals surface area contributed by atoms with Crippen LogP contribution in [0.15, 0.2) is 18.2 Å². The smallest absolute Gasteiger partial charge is 0.457 e. The minimum absolute atomic E-state index is 0.00938. The summed E-state index contributed by atoms with van der Waals surface area (Å²) in [5, 5.41) is 0. The molecule has 18 heavy (non-hydrogen) atoms. The van der Waals surface area contributed by atoms with Crippen molar-refractivity contribution < 1.29 is 35.3 Å². The van der Waals surface area contributed by atoms with Crippen molar-refractivity contribution in [3.05, 3.63) is 29.3 Å². The zero-order valence-electron chi connectivity index (χ0n) is 8.52. The van der Waals surface area contributed by atoms with E-state index < -0.39 is 27.3 Å². The molecule has 2 rings (SSSR count). The lowest BCUT2D eigenvalue weighted by molar-refractivity contribution is -0.0500. The topological polar surface area (TPSA) is 69.7 Å². The highest BCUT2D eigenvalue weighted by Crippen LogP contribution is 2.33. The molecule has 5 nitrogen and oxygen atoms in total. The lowest BCUT2D eigenvalue weighted by Crippen LogP contribution is -2.28. The van der Waals surface area contributed by atoms with Crippen LogP contribution in [0.25, 0.3) is 0 Å². The number of fused-ring (bicyclic) bond motifs is 1. The monoisotopic (exact) mass is 282 g/mol. The molecule has 98 valence electrons. The van der Waals surface area contributed by atoms with Crippen molar-refractivity contribution in [2.45, 2.75) is 12.1 Å². The minimum atomic E-state index is -5.76. The molecule has 0 saturated carbocycles. The number of alkyl halides is 3. The molecule has 1 aromatic rings. The molecule has 0 radical (unpaired) electrons. The first-order chi connectivity index (χ1) is 8.22. The Bertz CT molecular complexity index is 605. The van der Waals surface area contributed by atoms with E-state index >= 15 is 0 Å². The van der Waals surface area contributed by atoms with Gasteiger partial charge in [-0.25, -0.2) is 4.79 Å². The van der Waals surface area contributed by atoms with Gasteiger partial charge in [-0.1, -0.05) is 6.07 Å². The van der Waals surface area contributed by atoms with Gasteiger partial charge in [-0.15, -0.1) is 0 Å². The van der Waals surface area contributed by atoms with Crippen LogP contribution in [0.2, 0.25) is 0 Å². The first-order valence-electron chi connectivity index (χ1n) is 4.52. The Morgan fingerprint density at radius 3 is 2.56 bits per heavy atom. The molecule has 0 amide bonds. The first-order valence-corrected chi connectivity index (χ1v) is 5.93. The van der Waals surface area contributed by atoms with Crippen molar-refractivity contribution in [2.75, 3.05) is 0 Å². The molecule has 9 heteroatoms. The van der Waals surface area contributed by atoms with Gasteiger partial charge in [0.2, 0.25) is 0 Å². The Labute approximate surface area is 99.2 Å². The van der Waals surface area contributed by atoms with Gasteiger partial charge >= 0.3 is 21.6 Å². The minimum Gasteiger partial charge on any atom is -0.457 e. The van der Waals surface area contributed by atoms with Gasteiger partial charge in [0.05, 0.1) is 5.56 Å². The predicted octanol–water partition coefficient (Wildman–Crippen LogP) is 1.59. The van der Waals surface area contributed by atoms with Crippen LogP contribution in [0, 0.1) is 0 Å². The number of halogens is 3. The number of ether oxygens (including phenoxy) is 1. The molecular formula is C9H5F3O5S. The highest BCUT2D eigenvalue weighted by molar-refractivity contribution is 7.88. The molecule has 0 saturated heterocycles. The van der Waals surface area contributed by atoms with Crippen LogP contribution in [0.5, 0.6) is 5.75 Å². The Morgan fingerprint density at radius 1 is 1.28 bits per heavy atom. The summed E-state index contributed by atoms with van der Waals surface area (Å²) in [6.07, 6.45) is 0. The summed E-state index contributed by atoms with van der Waals surface area (Å²) in [6, 6.07) is 3.52. The fourth-order valence-electron chi connectivity index (χ4n) is 1.36. The molecule has 0 aliphatic carbocycles. The normalized spacial score (nSPS) is 15.2. The molecule has 1 aliphatic rings. The SMILES string of the molecule is O=C1OCc2c(OS(=O)(=O)C(F)(F)F)cccc21. The van der Waals surface area contributed by atoms with Crippen LogP contribution in [0.3, 0.4) is 0 Å². The Balaban J connectivity index is 2.41. The van der Waals surface area contributed by atoms with Crippen molar-refractivity contribution in [1.29, 1.82) is 0 Å². The van der Waals surface area contributed by atoms with Gasteiger partial charge in [0, 0.05) is 5.56 Å². The number of esters is 1. The van der Waals surface area contributed by atoms with Gasteiger partial charge in [0.1, 0.15) is 12.4 Å². The first kappa shape index (κ1) is 12.7. The van der Waals surface area contributed by atoms with Crippen molar-refractivity contribution in [1.82, 2.24) is 0 Å². The van der Waals surface area contributed by atoms with Crippen molar-refractivity contribution >= 4 is 16.1 Å². The molecule has 0 spiro atoms. The van der Waals surface area contributed by atoms with Crippen LogP contribution < -0.4 is 4.18 Å².